The first kappa shape index (κ1) is 11.9. The summed E-state index contributed by atoms with van der Waals surface area (Å²) in [5.74, 6) is 0. The zero-order valence-electron chi connectivity index (χ0n) is 10.4. The largest absolute Gasteiger partial charge is 0.340 e. The normalized spacial score (nSPS) is 15.8. The highest BCUT2D eigenvalue weighted by Gasteiger charge is 2.27. The van der Waals surface area contributed by atoms with Crippen LogP contribution in [0.1, 0.15) is 25.8 Å². The van der Waals surface area contributed by atoms with Gasteiger partial charge in [0.25, 0.3) is 0 Å². The maximum absolute atomic E-state index is 11.9. The Kier molecular flexibility index (Phi) is 3.64. The predicted octanol–water partition coefficient (Wildman–Crippen LogP) is 2.36. The summed E-state index contributed by atoms with van der Waals surface area (Å²) in [5.41, 5.74) is 5.33. The molecule has 0 spiro atoms. The molecule has 0 aromatic heterocycles. The fraction of sp³-hybridized carbons (Fsp3) is 0.462. The highest BCUT2D eigenvalue weighted by molar-refractivity contribution is 5.93. The number of hydrogen-bond donors (Lipinski definition) is 1. The second kappa shape index (κ2) is 5.19. The summed E-state index contributed by atoms with van der Waals surface area (Å²) in [4.78, 5) is 13.7. The van der Waals surface area contributed by atoms with Crippen molar-refractivity contribution in [2.75, 3.05) is 18.1 Å². The maximum atomic E-state index is 11.9. The second-order valence-electron chi connectivity index (χ2n) is 4.19. The molecule has 1 aliphatic heterocycles. The van der Waals surface area contributed by atoms with Crippen LogP contribution in [-0.4, -0.2) is 24.3 Å². The van der Waals surface area contributed by atoms with Gasteiger partial charge in [-0.25, -0.2) is 10.2 Å². The van der Waals surface area contributed by atoms with Gasteiger partial charge in [0.15, 0.2) is 0 Å². The van der Waals surface area contributed by atoms with E-state index in [1.807, 2.05) is 19.1 Å². The Morgan fingerprint density at radius 1 is 1.24 bits per heavy atom. The number of nitrogens with one attached hydrogen (secondary N) is 1. The van der Waals surface area contributed by atoms with Gasteiger partial charge in [-0.2, -0.15) is 0 Å². The number of aryl methyl sites for hydroxylation is 1. The molecule has 0 bridgehead atoms. The van der Waals surface area contributed by atoms with Gasteiger partial charge in [0.1, 0.15) is 0 Å². The van der Waals surface area contributed by atoms with Crippen molar-refractivity contribution < 1.29 is 4.79 Å². The lowest BCUT2D eigenvalue weighted by molar-refractivity contribution is 0.207. The molecule has 1 fully saturated rings. The highest BCUT2D eigenvalue weighted by atomic mass is 16.2. The average Bonchev–Trinajstić information content (AvgIpc) is 2.72. The molecular formula is C13H19N3O. The van der Waals surface area contributed by atoms with E-state index in [1.54, 1.807) is 9.91 Å². The first-order chi connectivity index (χ1) is 8.26. The number of benzene rings is 1. The van der Waals surface area contributed by atoms with E-state index in [-0.39, 0.29) is 6.03 Å². The van der Waals surface area contributed by atoms with Gasteiger partial charge in [-0.15, -0.1) is 0 Å². The number of nitrogens with zero attached hydrogens (tertiary/aromatic N) is 2. The maximum Gasteiger partial charge on any atom is 0.340 e. The molecule has 1 heterocycles. The summed E-state index contributed by atoms with van der Waals surface area (Å²) in [7, 11) is 0. The van der Waals surface area contributed by atoms with E-state index >= 15 is 0 Å². The fourth-order valence-corrected chi connectivity index (χ4v) is 2.02. The third-order valence-electron chi connectivity index (χ3n) is 2.98. The molecule has 2 rings (SSSR count). The van der Waals surface area contributed by atoms with E-state index in [4.69, 9.17) is 0 Å². The zero-order valence-corrected chi connectivity index (χ0v) is 10.4. The van der Waals surface area contributed by atoms with Crippen molar-refractivity contribution in [1.82, 2.24) is 10.4 Å². The van der Waals surface area contributed by atoms with Gasteiger partial charge < -0.3 is 0 Å². The molecule has 1 saturated heterocycles. The number of urea groups is 1. The minimum absolute atomic E-state index is 0.0238. The molecule has 0 aliphatic carbocycles. The molecule has 1 aliphatic rings. The molecule has 0 unspecified atom stereocenters. The third kappa shape index (κ3) is 2.42. The first-order valence-electron chi connectivity index (χ1n) is 6.17. The minimum Gasteiger partial charge on any atom is -0.278 e. The molecular weight excluding hydrogens is 214 g/mol. The average molecular weight is 233 g/mol. The van der Waals surface area contributed by atoms with Gasteiger partial charge in [-0.05, 0) is 31.0 Å². The third-order valence-corrected chi connectivity index (χ3v) is 2.98. The zero-order chi connectivity index (χ0) is 12.3. The summed E-state index contributed by atoms with van der Waals surface area (Å²) in [6, 6.07) is 8.25. The Bertz CT molecular complexity index is 388. The highest BCUT2D eigenvalue weighted by Crippen LogP contribution is 2.19. The Morgan fingerprint density at radius 2 is 1.94 bits per heavy atom. The van der Waals surface area contributed by atoms with E-state index in [9.17, 15) is 4.79 Å². The van der Waals surface area contributed by atoms with Crippen molar-refractivity contribution in [1.29, 1.82) is 0 Å². The summed E-state index contributed by atoms with van der Waals surface area (Å²) in [6.07, 6.45) is 2.24. The molecule has 0 saturated carbocycles. The Hall–Kier alpha value is -1.55. The molecule has 4 nitrogen and oxygen atoms in total. The summed E-state index contributed by atoms with van der Waals surface area (Å²) >= 11 is 0. The minimum atomic E-state index is 0.0238. The molecule has 17 heavy (non-hydrogen) atoms. The lowest BCUT2D eigenvalue weighted by Gasteiger charge is -2.16. The van der Waals surface area contributed by atoms with E-state index in [0.717, 1.165) is 18.5 Å². The Morgan fingerprint density at radius 3 is 2.47 bits per heavy atom. The summed E-state index contributed by atoms with van der Waals surface area (Å²) in [5, 5.41) is 1.62. The fourth-order valence-electron chi connectivity index (χ4n) is 2.02. The number of amides is 2. The van der Waals surface area contributed by atoms with E-state index in [2.05, 4.69) is 24.5 Å². The molecule has 0 atom stereocenters. The smallest absolute Gasteiger partial charge is 0.278 e. The van der Waals surface area contributed by atoms with Crippen LogP contribution in [0.2, 0.25) is 0 Å². The second-order valence-corrected chi connectivity index (χ2v) is 4.19. The van der Waals surface area contributed by atoms with Crippen molar-refractivity contribution >= 4 is 11.7 Å². The predicted molar refractivity (Wildman–Crippen MR) is 68.7 cm³/mol. The van der Waals surface area contributed by atoms with Gasteiger partial charge in [0.2, 0.25) is 0 Å². The van der Waals surface area contributed by atoms with Crippen LogP contribution in [0.25, 0.3) is 0 Å². The van der Waals surface area contributed by atoms with Crippen LogP contribution in [-0.2, 0) is 6.42 Å². The van der Waals surface area contributed by atoms with Crippen LogP contribution in [0, 0.1) is 0 Å². The monoisotopic (exact) mass is 233 g/mol. The van der Waals surface area contributed by atoms with E-state index in [1.165, 1.54) is 5.56 Å². The van der Waals surface area contributed by atoms with Gasteiger partial charge in [0.05, 0.1) is 6.67 Å². The number of carbonyl (C=O) groups is 1. The van der Waals surface area contributed by atoms with E-state index in [0.29, 0.717) is 13.2 Å². The summed E-state index contributed by atoms with van der Waals surface area (Å²) in [6.45, 7) is 5.36. The molecule has 2 amide bonds. The molecule has 92 valence electrons. The van der Waals surface area contributed by atoms with Crippen molar-refractivity contribution in [2.45, 2.75) is 26.7 Å². The van der Waals surface area contributed by atoms with Crippen LogP contribution in [0.15, 0.2) is 24.3 Å². The van der Waals surface area contributed by atoms with Gasteiger partial charge >= 0.3 is 6.03 Å². The first-order valence-corrected chi connectivity index (χ1v) is 6.17. The topological polar surface area (TPSA) is 35.6 Å². The number of carbonyl (C=O) groups excluding carboxylic acids is 1. The molecule has 1 aromatic rings. The number of hydrazine groups is 1. The van der Waals surface area contributed by atoms with Crippen molar-refractivity contribution in [2.24, 2.45) is 0 Å². The van der Waals surface area contributed by atoms with Crippen LogP contribution >= 0.6 is 0 Å². The Labute approximate surface area is 102 Å². The van der Waals surface area contributed by atoms with Crippen LogP contribution in [0.5, 0.6) is 0 Å². The van der Waals surface area contributed by atoms with Gasteiger partial charge in [-0.3, -0.25) is 9.91 Å². The Balaban J connectivity index is 2.10. The van der Waals surface area contributed by atoms with E-state index < -0.39 is 0 Å². The molecule has 1 N–H and O–H groups in total. The van der Waals surface area contributed by atoms with Crippen LogP contribution in [0.3, 0.4) is 0 Å². The molecule has 1 aromatic carbocycles. The van der Waals surface area contributed by atoms with Gasteiger partial charge in [0, 0.05) is 12.2 Å². The van der Waals surface area contributed by atoms with Crippen molar-refractivity contribution in [3.63, 3.8) is 0 Å². The lowest BCUT2D eigenvalue weighted by Crippen LogP contribution is -2.34. The lowest BCUT2D eigenvalue weighted by atomic mass is 10.1. The molecule has 0 radical (unpaired) electrons. The molecule has 4 heteroatoms. The van der Waals surface area contributed by atoms with Crippen molar-refractivity contribution in [3.05, 3.63) is 29.8 Å². The quantitative estimate of drug-likeness (QED) is 0.866. The van der Waals surface area contributed by atoms with Crippen LogP contribution < -0.4 is 10.3 Å². The summed E-state index contributed by atoms with van der Waals surface area (Å²) < 4.78 is 0. The van der Waals surface area contributed by atoms with Crippen molar-refractivity contribution in [3.8, 4) is 0 Å². The van der Waals surface area contributed by atoms with Crippen LogP contribution in [0.4, 0.5) is 10.5 Å². The number of anilines is 1. The van der Waals surface area contributed by atoms with Gasteiger partial charge in [-0.1, -0.05) is 25.5 Å². The standard InChI is InChI=1S/C13H19N3O/c1-3-5-11-6-8-12(9-7-11)15-10-14-16(4-2)13(15)17/h6-9,14H,3-5,10H2,1-2H3. The SMILES string of the molecule is CCCc1ccc(N2CNN(CC)C2=O)cc1. The number of hydrogen-bond acceptors (Lipinski definition) is 2. The number of rotatable bonds is 4.